The van der Waals surface area contributed by atoms with Gasteiger partial charge in [-0.3, -0.25) is 0 Å². The maximum atomic E-state index is 11.2. The molecule has 1 aromatic rings. The molecule has 0 fully saturated rings. The van der Waals surface area contributed by atoms with Gasteiger partial charge in [-0.15, -0.1) is 6.42 Å². The number of ether oxygens (including phenoxy) is 1. The summed E-state index contributed by atoms with van der Waals surface area (Å²) in [7, 11) is 1.51. The number of nitrogens with one attached hydrogen (secondary N) is 2. The zero-order valence-corrected chi connectivity index (χ0v) is 10.3. The molecule has 0 aliphatic rings. The fourth-order valence-corrected chi connectivity index (χ4v) is 1.53. The molecule has 4 nitrogen and oxygen atoms in total. The van der Waals surface area contributed by atoms with Gasteiger partial charge in [-0.05, 0) is 31.0 Å². The summed E-state index contributed by atoms with van der Waals surface area (Å²) in [5.41, 5.74) is 2.75. The van der Waals surface area contributed by atoms with Gasteiger partial charge in [0.2, 0.25) is 0 Å². The quantitative estimate of drug-likeness (QED) is 0.784. The summed E-state index contributed by atoms with van der Waals surface area (Å²) in [5, 5.41) is 5.45. The summed E-state index contributed by atoms with van der Waals surface area (Å²) in [6, 6.07) is 3.79. The summed E-state index contributed by atoms with van der Waals surface area (Å²) in [6.07, 6.45) is 4.70. The van der Waals surface area contributed by atoms with Crippen LogP contribution in [0.25, 0.3) is 0 Å². The van der Waals surface area contributed by atoms with Gasteiger partial charge in [0.1, 0.15) is 0 Å². The van der Waals surface area contributed by atoms with Crippen LogP contribution in [0.3, 0.4) is 0 Å². The molecule has 90 valence electrons. The van der Waals surface area contributed by atoms with Crippen LogP contribution in [-0.4, -0.2) is 19.7 Å². The van der Waals surface area contributed by atoms with E-state index in [0.29, 0.717) is 12.3 Å². The molecular formula is C13H16N2O2. The van der Waals surface area contributed by atoms with Gasteiger partial charge in [0.15, 0.2) is 5.75 Å². The van der Waals surface area contributed by atoms with Crippen LogP contribution < -0.4 is 15.4 Å². The lowest BCUT2D eigenvalue weighted by atomic mass is 10.1. The molecule has 0 unspecified atom stereocenters. The number of carbonyl (C=O) groups is 1. The Morgan fingerprint density at radius 3 is 2.76 bits per heavy atom. The lowest BCUT2D eigenvalue weighted by Gasteiger charge is -2.14. The second kappa shape index (κ2) is 5.80. The Kier molecular flexibility index (Phi) is 4.41. The van der Waals surface area contributed by atoms with Crippen molar-refractivity contribution in [3.63, 3.8) is 0 Å². The van der Waals surface area contributed by atoms with Crippen molar-refractivity contribution in [3.8, 4) is 18.1 Å². The molecule has 1 rings (SSSR count). The molecule has 0 aliphatic heterocycles. The van der Waals surface area contributed by atoms with Crippen LogP contribution in [0.4, 0.5) is 10.5 Å². The van der Waals surface area contributed by atoms with Crippen molar-refractivity contribution in [1.29, 1.82) is 0 Å². The topological polar surface area (TPSA) is 50.4 Å². The summed E-state index contributed by atoms with van der Waals surface area (Å²) in [5.74, 6) is 2.97. The molecule has 0 spiro atoms. The van der Waals surface area contributed by atoms with E-state index in [1.165, 1.54) is 7.05 Å². The summed E-state index contributed by atoms with van der Waals surface area (Å²) < 4.78 is 5.17. The van der Waals surface area contributed by atoms with Crippen molar-refractivity contribution in [2.75, 3.05) is 18.9 Å². The van der Waals surface area contributed by atoms with Gasteiger partial charge < -0.3 is 15.4 Å². The Labute approximate surface area is 101 Å². The molecule has 0 bridgehead atoms. The van der Waals surface area contributed by atoms with Gasteiger partial charge in [0.05, 0.1) is 12.2 Å². The average Bonchev–Trinajstić information content (AvgIpc) is 2.27. The van der Waals surface area contributed by atoms with Crippen LogP contribution in [0.1, 0.15) is 11.1 Å². The van der Waals surface area contributed by atoms with Crippen molar-refractivity contribution in [3.05, 3.63) is 23.3 Å². The highest BCUT2D eigenvalue weighted by atomic mass is 16.6. The van der Waals surface area contributed by atoms with E-state index in [2.05, 4.69) is 16.6 Å². The smallest absolute Gasteiger partial charge is 0.408 e. The summed E-state index contributed by atoms with van der Waals surface area (Å²) in [6.45, 7) is 4.26. The molecule has 4 heteroatoms. The monoisotopic (exact) mass is 232 g/mol. The molecule has 1 aromatic carbocycles. The lowest BCUT2D eigenvalue weighted by Crippen LogP contribution is -2.22. The van der Waals surface area contributed by atoms with Gasteiger partial charge in [-0.1, -0.05) is 12.0 Å². The number of terminal acetylenes is 1. The minimum absolute atomic E-state index is 0.383. The largest absolute Gasteiger partial charge is 0.412 e. The van der Waals surface area contributed by atoms with Gasteiger partial charge in [0.25, 0.3) is 0 Å². The van der Waals surface area contributed by atoms with E-state index in [0.717, 1.165) is 16.8 Å². The lowest BCUT2D eigenvalue weighted by molar-refractivity contribution is 0.203. The predicted octanol–water partition coefficient (Wildman–Crippen LogP) is 2.07. The first kappa shape index (κ1) is 12.9. The van der Waals surface area contributed by atoms with E-state index in [4.69, 9.17) is 11.2 Å². The number of hydrogen-bond acceptors (Lipinski definition) is 3. The number of hydrogen-bond donors (Lipinski definition) is 2. The highest BCUT2D eigenvalue weighted by Crippen LogP contribution is 2.29. The maximum Gasteiger partial charge on any atom is 0.412 e. The standard InChI is InChI=1S/C13H16N2O2/c1-5-6-15-12-10(3)7-9(2)8-11(12)17-13(16)14-4/h1,7-8,15H,6H2,2-4H3,(H,14,16). The average molecular weight is 232 g/mol. The van der Waals surface area contributed by atoms with Crippen molar-refractivity contribution < 1.29 is 9.53 Å². The predicted molar refractivity (Wildman–Crippen MR) is 68.3 cm³/mol. The number of benzene rings is 1. The molecule has 2 N–H and O–H groups in total. The van der Waals surface area contributed by atoms with E-state index in [1.807, 2.05) is 19.9 Å². The third kappa shape index (κ3) is 3.42. The fourth-order valence-electron chi connectivity index (χ4n) is 1.53. The molecular weight excluding hydrogens is 216 g/mol. The first-order valence-electron chi connectivity index (χ1n) is 5.26. The number of amides is 1. The molecule has 1 amide bonds. The molecule has 0 heterocycles. The van der Waals surface area contributed by atoms with Crippen molar-refractivity contribution >= 4 is 11.8 Å². The zero-order valence-electron chi connectivity index (χ0n) is 10.3. The molecule has 0 radical (unpaired) electrons. The summed E-state index contributed by atoms with van der Waals surface area (Å²) >= 11 is 0. The molecule has 0 aliphatic carbocycles. The normalized spacial score (nSPS) is 9.29. The molecule has 0 saturated carbocycles. The van der Waals surface area contributed by atoms with Crippen LogP contribution in [0.5, 0.6) is 5.75 Å². The van der Waals surface area contributed by atoms with Gasteiger partial charge in [-0.25, -0.2) is 4.79 Å². The minimum Gasteiger partial charge on any atom is -0.408 e. The number of rotatable bonds is 3. The second-order valence-electron chi connectivity index (χ2n) is 3.65. The second-order valence-corrected chi connectivity index (χ2v) is 3.65. The Morgan fingerprint density at radius 2 is 2.18 bits per heavy atom. The molecule has 0 atom stereocenters. The molecule has 0 saturated heterocycles. The van der Waals surface area contributed by atoms with Gasteiger partial charge in [-0.2, -0.15) is 0 Å². The first-order chi connectivity index (χ1) is 8.08. The van der Waals surface area contributed by atoms with Crippen molar-refractivity contribution in [2.24, 2.45) is 0 Å². The number of anilines is 1. The first-order valence-corrected chi connectivity index (χ1v) is 5.26. The highest BCUT2D eigenvalue weighted by Gasteiger charge is 2.10. The van der Waals surface area contributed by atoms with Gasteiger partial charge in [0, 0.05) is 7.05 Å². The Balaban J connectivity index is 3.07. The van der Waals surface area contributed by atoms with Crippen LogP contribution in [0.2, 0.25) is 0 Å². The molecule has 0 aromatic heterocycles. The maximum absolute atomic E-state index is 11.2. The van der Waals surface area contributed by atoms with Crippen molar-refractivity contribution in [1.82, 2.24) is 5.32 Å². The summed E-state index contributed by atoms with van der Waals surface area (Å²) in [4.78, 5) is 11.2. The Bertz CT molecular complexity index is 461. The van der Waals surface area contributed by atoms with Crippen molar-refractivity contribution in [2.45, 2.75) is 13.8 Å². The Hall–Kier alpha value is -2.15. The minimum atomic E-state index is -0.501. The van der Waals surface area contributed by atoms with Crippen LogP contribution in [0, 0.1) is 26.2 Å². The Morgan fingerprint density at radius 1 is 1.47 bits per heavy atom. The van der Waals surface area contributed by atoms with E-state index >= 15 is 0 Å². The fraction of sp³-hybridized carbons (Fsp3) is 0.308. The van der Waals surface area contributed by atoms with E-state index in [9.17, 15) is 4.79 Å². The SMILES string of the molecule is C#CCNc1c(C)cc(C)cc1OC(=O)NC. The van der Waals surface area contributed by atoms with Crippen LogP contribution in [-0.2, 0) is 0 Å². The van der Waals surface area contributed by atoms with E-state index < -0.39 is 6.09 Å². The van der Waals surface area contributed by atoms with Gasteiger partial charge >= 0.3 is 6.09 Å². The third-order valence-corrected chi connectivity index (χ3v) is 2.22. The van der Waals surface area contributed by atoms with Crippen LogP contribution in [0.15, 0.2) is 12.1 Å². The number of aryl methyl sites for hydroxylation is 2. The zero-order chi connectivity index (χ0) is 12.8. The highest BCUT2D eigenvalue weighted by molar-refractivity contribution is 5.74. The molecule has 17 heavy (non-hydrogen) atoms. The van der Waals surface area contributed by atoms with Crippen LogP contribution >= 0.6 is 0 Å². The third-order valence-electron chi connectivity index (χ3n) is 2.22. The van der Waals surface area contributed by atoms with E-state index in [1.54, 1.807) is 6.07 Å². The van der Waals surface area contributed by atoms with E-state index in [-0.39, 0.29) is 0 Å². The number of carbonyl (C=O) groups excluding carboxylic acids is 1.